The Hall–Kier alpha value is -0.520. The predicted octanol–water partition coefficient (Wildman–Crippen LogP) is 7.70. The van der Waals surface area contributed by atoms with Crippen molar-refractivity contribution in [3.63, 3.8) is 0 Å². The molecule has 0 bridgehead atoms. The minimum absolute atomic E-state index is 0.513. The van der Waals surface area contributed by atoms with Gasteiger partial charge in [-0.3, -0.25) is 0 Å². The van der Waals surface area contributed by atoms with Gasteiger partial charge in [-0.25, -0.2) is 0 Å². The molecule has 0 aromatic carbocycles. The van der Waals surface area contributed by atoms with Crippen LogP contribution < -0.4 is 0 Å². The number of hydrogen-bond acceptors (Lipinski definition) is 0. The summed E-state index contributed by atoms with van der Waals surface area (Å²) in [5, 5.41) is 0. The Morgan fingerprint density at radius 1 is 0.810 bits per heavy atom. The predicted molar refractivity (Wildman–Crippen MR) is 98.7 cm³/mol. The smallest absolute Gasteiger partial charge is 0.0348 e. The third-order valence-electron chi connectivity index (χ3n) is 4.06. The van der Waals surface area contributed by atoms with E-state index >= 15 is 0 Å². The molecular formula is C21H40. The molecule has 0 amide bonds. The van der Waals surface area contributed by atoms with Crippen molar-refractivity contribution in [1.82, 2.24) is 0 Å². The molecule has 0 N–H and O–H groups in total. The molecule has 0 heterocycles. The first-order valence-corrected chi connectivity index (χ1v) is 9.27. The maximum atomic E-state index is 2.44. The van der Waals surface area contributed by atoms with Crippen LogP contribution in [0.1, 0.15) is 98.8 Å². The van der Waals surface area contributed by atoms with Crippen LogP contribution in [0.2, 0.25) is 0 Å². The zero-order valence-corrected chi connectivity index (χ0v) is 15.5. The van der Waals surface area contributed by atoms with Crippen molar-refractivity contribution < 1.29 is 0 Å². The molecule has 0 aliphatic carbocycles. The van der Waals surface area contributed by atoms with Crippen molar-refractivity contribution in [3.05, 3.63) is 24.3 Å². The Kier molecular flexibility index (Phi) is 12.8. The van der Waals surface area contributed by atoms with Gasteiger partial charge in [0.2, 0.25) is 0 Å². The van der Waals surface area contributed by atoms with Gasteiger partial charge in [-0.2, -0.15) is 0 Å². The third kappa shape index (κ3) is 17.4. The molecule has 1 unspecified atom stereocenters. The summed E-state index contributed by atoms with van der Waals surface area (Å²) in [6, 6.07) is 0. The fourth-order valence-electron chi connectivity index (χ4n) is 2.62. The van der Waals surface area contributed by atoms with Crippen LogP contribution >= 0.6 is 0 Å². The van der Waals surface area contributed by atoms with E-state index in [1.54, 1.807) is 0 Å². The third-order valence-corrected chi connectivity index (χ3v) is 4.06. The lowest BCUT2D eigenvalue weighted by molar-refractivity contribution is 0.335. The van der Waals surface area contributed by atoms with Gasteiger partial charge in [0.05, 0.1) is 0 Å². The molecule has 21 heavy (non-hydrogen) atoms. The fraction of sp³-hybridized carbons (Fsp3) is 0.810. The molecule has 0 saturated carbocycles. The van der Waals surface area contributed by atoms with E-state index in [1.807, 2.05) is 0 Å². The van der Waals surface area contributed by atoms with Gasteiger partial charge in [-0.05, 0) is 37.0 Å². The SMILES string of the molecule is CC/C=C/C=C/CCCCCCC(C)CCCC(C)(C)C. The van der Waals surface area contributed by atoms with Gasteiger partial charge in [-0.15, -0.1) is 0 Å². The van der Waals surface area contributed by atoms with Crippen LogP contribution in [0.25, 0.3) is 0 Å². The van der Waals surface area contributed by atoms with Gasteiger partial charge >= 0.3 is 0 Å². The first-order chi connectivity index (χ1) is 9.95. The van der Waals surface area contributed by atoms with Crippen molar-refractivity contribution in [2.45, 2.75) is 98.8 Å². The van der Waals surface area contributed by atoms with Crippen LogP contribution in [0.3, 0.4) is 0 Å². The van der Waals surface area contributed by atoms with Crippen LogP contribution in [0, 0.1) is 11.3 Å². The molecule has 0 aliphatic heterocycles. The van der Waals surface area contributed by atoms with Gasteiger partial charge in [0.25, 0.3) is 0 Å². The van der Waals surface area contributed by atoms with E-state index in [0.29, 0.717) is 5.41 Å². The highest BCUT2D eigenvalue weighted by Gasteiger charge is 2.10. The maximum Gasteiger partial charge on any atom is -0.0348 e. The van der Waals surface area contributed by atoms with Crippen LogP contribution in [0.15, 0.2) is 24.3 Å². The van der Waals surface area contributed by atoms with E-state index in [0.717, 1.165) is 12.3 Å². The Morgan fingerprint density at radius 3 is 2.10 bits per heavy atom. The van der Waals surface area contributed by atoms with Gasteiger partial charge in [0.15, 0.2) is 0 Å². The summed E-state index contributed by atoms with van der Waals surface area (Å²) < 4.78 is 0. The van der Waals surface area contributed by atoms with Gasteiger partial charge < -0.3 is 0 Å². The second kappa shape index (κ2) is 13.2. The number of hydrogen-bond donors (Lipinski definition) is 0. The van der Waals surface area contributed by atoms with Crippen LogP contribution in [0.5, 0.6) is 0 Å². The monoisotopic (exact) mass is 292 g/mol. The highest BCUT2D eigenvalue weighted by Crippen LogP contribution is 2.24. The average molecular weight is 293 g/mol. The highest BCUT2D eigenvalue weighted by atomic mass is 14.2. The minimum atomic E-state index is 0.513. The second-order valence-corrected chi connectivity index (χ2v) is 7.81. The van der Waals surface area contributed by atoms with Crippen LogP contribution in [-0.2, 0) is 0 Å². The lowest BCUT2D eigenvalue weighted by Gasteiger charge is -2.19. The first-order valence-electron chi connectivity index (χ1n) is 9.27. The topological polar surface area (TPSA) is 0 Å². The molecular weight excluding hydrogens is 252 g/mol. The summed E-state index contributed by atoms with van der Waals surface area (Å²) in [7, 11) is 0. The standard InChI is InChI=1S/C21H40/c1-6-7-8-9-10-11-12-13-14-15-17-20(2)18-16-19-21(3,4)5/h7-10,20H,6,11-19H2,1-5H3/b8-7+,10-9+. The lowest BCUT2D eigenvalue weighted by atomic mass is 9.87. The molecule has 0 aromatic heterocycles. The summed E-state index contributed by atoms with van der Waals surface area (Å²) in [5.74, 6) is 0.923. The Morgan fingerprint density at radius 2 is 1.43 bits per heavy atom. The van der Waals surface area contributed by atoms with Gasteiger partial charge in [-0.1, -0.05) is 97.4 Å². The fourth-order valence-corrected chi connectivity index (χ4v) is 2.62. The largest absolute Gasteiger partial charge is 0.0848 e. The molecule has 124 valence electrons. The highest BCUT2D eigenvalue weighted by molar-refractivity contribution is 5.01. The summed E-state index contributed by atoms with van der Waals surface area (Å²) in [4.78, 5) is 0. The van der Waals surface area contributed by atoms with Crippen molar-refractivity contribution in [3.8, 4) is 0 Å². The van der Waals surface area contributed by atoms with Gasteiger partial charge in [0.1, 0.15) is 0 Å². The molecule has 0 aliphatic rings. The summed E-state index contributed by atoms with van der Waals surface area (Å²) in [5.41, 5.74) is 0.513. The Balaban J connectivity index is 3.34. The first kappa shape index (κ1) is 20.5. The summed E-state index contributed by atoms with van der Waals surface area (Å²) >= 11 is 0. The molecule has 0 spiro atoms. The molecule has 0 nitrogen and oxygen atoms in total. The van der Waals surface area contributed by atoms with Crippen LogP contribution in [0.4, 0.5) is 0 Å². The molecule has 1 atom stereocenters. The average Bonchev–Trinajstić information content (AvgIpc) is 2.39. The summed E-state index contributed by atoms with van der Waals surface area (Å²) in [6.07, 6.45) is 22.5. The van der Waals surface area contributed by atoms with E-state index in [9.17, 15) is 0 Å². The molecule has 0 fully saturated rings. The van der Waals surface area contributed by atoms with E-state index in [2.05, 4.69) is 58.9 Å². The molecule has 0 aromatic rings. The Bertz CT molecular complexity index is 264. The van der Waals surface area contributed by atoms with Crippen molar-refractivity contribution >= 4 is 0 Å². The van der Waals surface area contributed by atoms with E-state index in [1.165, 1.54) is 57.8 Å². The molecule has 0 rings (SSSR count). The van der Waals surface area contributed by atoms with Gasteiger partial charge in [0, 0.05) is 0 Å². The van der Waals surface area contributed by atoms with Crippen molar-refractivity contribution in [2.75, 3.05) is 0 Å². The maximum absolute atomic E-state index is 2.44. The minimum Gasteiger partial charge on any atom is -0.0848 e. The van der Waals surface area contributed by atoms with Crippen molar-refractivity contribution in [1.29, 1.82) is 0 Å². The normalized spacial score (nSPS) is 14.3. The van der Waals surface area contributed by atoms with Crippen LogP contribution in [-0.4, -0.2) is 0 Å². The van der Waals surface area contributed by atoms with E-state index < -0.39 is 0 Å². The number of allylic oxidation sites excluding steroid dienone is 4. The zero-order valence-electron chi connectivity index (χ0n) is 15.5. The number of rotatable bonds is 12. The summed E-state index contributed by atoms with van der Waals surface area (Å²) in [6.45, 7) is 11.7. The van der Waals surface area contributed by atoms with E-state index in [4.69, 9.17) is 0 Å². The molecule has 0 heteroatoms. The van der Waals surface area contributed by atoms with E-state index in [-0.39, 0.29) is 0 Å². The lowest BCUT2D eigenvalue weighted by Crippen LogP contribution is -2.05. The second-order valence-electron chi connectivity index (χ2n) is 7.81. The zero-order chi connectivity index (χ0) is 16.0. The van der Waals surface area contributed by atoms with Crippen molar-refractivity contribution in [2.24, 2.45) is 11.3 Å². The molecule has 0 radical (unpaired) electrons. The molecule has 0 saturated heterocycles. The number of unbranched alkanes of at least 4 members (excludes halogenated alkanes) is 4. The quantitative estimate of drug-likeness (QED) is 0.255. The Labute approximate surface area is 135 Å².